The van der Waals surface area contributed by atoms with E-state index in [0.717, 1.165) is 68.5 Å². The summed E-state index contributed by atoms with van der Waals surface area (Å²) < 4.78 is 0. The minimum absolute atomic E-state index is 0.237. The second-order valence-electron chi connectivity index (χ2n) is 16.2. The van der Waals surface area contributed by atoms with Gasteiger partial charge in [0.1, 0.15) is 0 Å². The molecule has 0 unspecified atom stereocenters. The minimum atomic E-state index is -0.237. The van der Waals surface area contributed by atoms with Gasteiger partial charge in [0.2, 0.25) is 0 Å². The van der Waals surface area contributed by atoms with Gasteiger partial charge in [0.25, 0.3) is 0 Å². The summed E-state index contributed by atoms with van der Waals surface area (Å²) in [5.41, 5.74) is 12.2. The summed E-state index contributed by atoms with van der Waals surface area (Å²) in [5, 5.41) is 0. The van der Waals surface area contributed by atoms with Crippen molar-refractivity contribution in [2.75, 3.05) is 0 Å². The number of hydrogen-bond acceptors (Lipinski definition) is 6. The largest absolute Gasteiger partial charge is 0.208 e. The molecule has 0 spiro atoms. The van der Waals surface area contributed by atoms with Crippen molar-refractivity contribution in [3.05, 3.63) is 236 Å². The number of hydrogen-bond donors (Lipinski definition) is 0. The van der Waals surface area contributed by atoms with Gasteiger partial charge in [-0.25, -0.2) is 29.9 Å². The Kier molecular flexibility index (Phi) is 12.8. The fourth-order valence-corrected chi connectivity index (χ4v) is 8.65. The van der Waals surface area contributed by atoms with Gasteiger partial charge in [-0.05, 0) is 65.3 Å². The predicted molar refractivity (Wildman–Crippen MR) is 272 cm³/mol. The van der Waals surface area contributed by atoms with Gasteiger partial charge in [-0.15, -0.1) is 0 Å². The van der Waals surface area contributed by atoms with Crippen LogP contribution < -0.4 is 0 Å². The highest BCUT2D eigenvalue weighted by molar-refractivity contribution is 5.78. The van der Waals surface area contributed by atoms with E-state index in [9.17, 15) is 0 Å². The quantitative estimate of drug-likeness (QED) is 0.101. The highest BCUT2D eigenvalue weighted by atomic mass is 15.0. The number of allylic oxidation sites excluding steroid dienone is 5. The third-order valence-corrected chi connectivity index (χ3v) is 12.3. The normalized spacial score (nSPS) is 11.8. The van der Waals surface area contributed by atoms with Crippen LogP contribution >= 0.6 is 0 Å². The average molecular weight is 855 g/mol. The van der Waals surface area contributed by atoms with Crippen LogP contribution in [0, 0.1) is 0 Å². The number of aromatic nitrogens is 6. The van der Waals surface area contributed by atoms with Crippen molar-refractivity contribution >= 4 is 5.57 Å². The molecule has 2 aromatic heterocycles. The zero-order valence-corrected chi connectivity index (χ0v) is 37.5. The van der Waals surface area contributed by atoms with Crippen LogP contribution in [-0.4, -0.2) is 29.9 Å². The van der Waals surface area contributed by atoms with Crippen LogP contribution in [0.25, 0.3) is 85.0 Å². The third-order valence-electron chi connectivity index (χ3n) is 12.3. The zero-order chi connectivity index (χ0) is 45.3. The lowest BCUT2D eigenvalue weighted by molar-refractivity contribution is 0.478. The molecule has 320 valence electrons. The summed E-state index contributed by atoms with van der Waals surface area (Å²) in [6.07, 6.45) is 9.71. The Morgan fingerprint density at radius 1 is 0.409 bits per heavy atom. The summed E-state index contributed by atoms with van der Waals surface area (Å²) >= 11 is 0. The average Bonchev–Trinajstić information content (AvgIpc) is 3.40. The lowest BCUT2D eigenvalue weighted by Gasteiger charge is -2.33. The monoisotopic (exact) mass is 854 g/mol. The molecule has 9 aromatic rings. The highest BCUT2D eigenvalue weighted by Gasteiger charge is 2.31. The molecule has 6 heteroatoms. The van der Waals surface area contributed by atoms with Gasteiger partial charge in [0.05, 0.1) is 0 Å². The van der Waals surface area contributed by atoms with E-state index in [-0.39, 0.29) is 5.41 Å². The lowest BCUT2D eigenvalue weighted by atomic mass is 9.70. The molecule has 0 aliphatic carbocycles. The Labute approximate surface area is 388 Å². The molecule has 0 radical (unpaired) electrons. The third kappa shape index (κ3) is 9.08. The van der Waals surface area contributed by atoms with Gasteiger partial charge in [0.15, 0.2) is 34.9 Å². The Balaban J connectivity index is 1.06. The predicted octanol–water partition coefficient (Wildman–Crippen LogP) is 15.0. The van der Waals surface area contributed by atoms with Crippen molar-refractivity contribution in [1.82, 2.24) is 29.9 Å². The molecule has 0 saturated heterocycles. The van der Waals surface area contributed by atoms with Gasteiger partial charge in [-0.3, -0.25) is 0 Å². The summed E-state index contributed by atoms with van der Waals surface area (Å²) in [4.78, 5) is 30.3. The molecule has 0 aliphatic rings. The minimum Gasteiger partial charge on any atom is -0.208 e. The highest BCUT2D eigenvalue weighted by Crippen LogP contribution is 2.40. The van der Waals surface area contributed by atoms with E-state index in [0.29, 0.717) is 34.9 Å². The van der Waals surface area contributed by atoms with Gasteiger partial charge in [-0.1, -0.05) is 221 Å². The standard InChI is InChI=1S/C60H50N6/c1-5-9-21-42(6-2)48-28-19-30-50(40-48)58-63-54(44-24-15-11-16-25-44)61-56(65-58)46-32-36-52(37-33-46)60(7-3,8-4)53-38-34-47(35-39-53)57-62-55(45-26-17-12-18-27-45)64-59(66-57)51-31-20-29-49(41-51)43-22-13-10-14-23-43/h5-6,9-41H,1,7-8H2,2-4H3/b21-9-,42-6+. The Hall–Kier alpha value is -8.22. The van der Waals surface area contributed by atoms with E-state index in [1.54, 1.807) is 6.08 Å². The van der Waals surface area contributed by atoms with Crippen LogP contribution in [-0.2, 0) is 5.41 Å². The lowest BCUT2D eigenvalue weighted by Crippen LogP contribution is -2.26. The molecule has 2 heterocycles. The van der Waals surface area contributed by atoms with Crippen molar-refractivity contribution in [3.8, 4) is 79.5 Å². The maximum Gasteiger partial charge on any atom is 0.164 e. The van der Waals surface area contributed by atoms with Gasteiger partial charge >= 0.3 is 0 Å². The van der Waals surface area contributed by atoms with Crippen molar-refractivity contribution < 1.29 is 0 Å². The Morgan fingerprint density at radius 2 is 0.773 bits per heavy atom. The molecule has 0 N–H and O–H groups in total. The molecule has 0 aliphatic heterocycles. The Morgan fingerprint density at radius 3 is 1.20 bits per heavy atom. The molecule has 0 fully saturated rings. The van der Waals surface area contributed by atoms with Gasteiger partial charge in [-0.2, -0.15) is 0 Å². The van der Waals surface area contributed by atoms with Crippen LogP contribution in [0.1, 0.15) is 50.3 Å². The van der Waals surface area contributed by atoms with Crippen molar-refractivity contribution in [1.29, 1.82) is 0 Å². The summed E-state index contributed by atoms with van der Waals surface area (Å²) in [6.45, 7) is 10.4. The summed E-state index contributed by atoms with van der Waals surface area (Å²) in [6, 6.07) is 64.9. The maximum absolute atomic E-state index is 5.09. The van der Waals surface area contributed by atoms with Crippen LogP contribution in [0.15, 0.2) is 219 Å². The van der Waals surface area contributed by atoms with Crippen LogP contribution in [0.5, 0.6) is 0 Å². The van der Waals surface area contributed by atoms with Crippen LogP contribution in [0.3, 0.4) is 0 Å². The molecule has 7 aromatic carbocycles. The van der Waals surface area contributed by atoms with Gasteiger partial charge < -0.3 is 0 Å². The van der Waals surface area contributed by atoms with E-state index in [1.807, 2.05) is 85.8 Å². The number of nitrogens with zero attached hydrogens (tertiary/aromatic N) is 6. The first kappa shape index (κ1) is 43.1. The van der Waals surface area contributed by atoms with Gasteiger partial charge in [0, 0.05) is 38.8 Å². The molecule has 66 heavy (non-hydrogen) atoms. The maximum atomic E-state index is 5.09. The molecular weight excluding hydrogens is 805 g/mol. The summed E-state index contributed by atoms with van der Waals surface area (Å²) in [5.74, 6) is 3.76. The SMILES string of the molecule is C=C/C=C\C(=C/C)c1cccc(-c2nc(-c3ccccc3)nc(-c3ccc(C(CC)(CC)c4ccc(-c5nc(-c6ccccc6)nc(-c6cccc(-c7ccccc7)c6)n5)cc4)cc3)n2)c1. The zero-order valence-electron chi connectivity index (χ0n) is 37.5. The van der Waals surface area contributed by atoms with E-state index >= 15 is 0 Å². The number of benzene rings is 7. The molecular formula is C60H50N6. The van der Waals surface area contributed by atoms with Crippen molar-refractivity contribution in [2.24, 2.45) is 0 Å². The van der Waals surface area contributed by atoms with E-state index < -0.39 is 0 Å². The van der Waals surface area contributed by atoms with E-state index in [1.165, 1.54) is 11.1 Å². The van der Waals surface area contributed by atoms with E-state index in [4.69, 9.17) is 29.9 Å². The fraction of sp³-hybridized carbons (Fsp3) is 0.100. The Bertz CT molecular complexity index is 3150. The molecule has 0 atom stereocenters. The second-order valence-corrected chi connectivity index (χ2v) is 16.2. The molecule has 9 rings (SSSR count). The van der Waals surface area contributed by atoms with E-state index in [2.05, 4.69) is 148 Å². The smallest absolute Gasteiger partial charge is 0.164 e. The number of rotatable bonds is 14. The first-order chi connectivity index (χ1) is 32.5. The molecule has 0 saturated carbocycles. The molecule has 6 nitrogen and oxygen atoms in total. The van der Waals surface area contributed by atoms with Crippen molar-refractivity contribution in [2.45, 2.75) is 39.0 Å². The van der Waals surface area contributed by atoms with Crippen molar-refractivity contribution in [3.63, 3.8) is 0 Å². The molecule has 0 bridgehead atoms. The fourth-order valence-electron chi connectivity index (χ4n) is 8.65. The first-order valence-corrected chi connectivity index (χ1v) is 22.6. The molecule has 0 amide bonds. The second kappa shape index (κ2) is 19.7. The van der Waals surface area contributed by atoms with Crippen LogP contribution in [0.2, 0.25) is 0 Å². The summed E-state index contributed by atoms with van der Waals surface area (Å²) in [7, 11) is 0. The first-order valence-electron chi connectivity index (χ1n) is 22.6. The van der Waals surface area contributed by atoms with Crippen LogP contribution in [0.4, 0.5) is 0 Å². The topological polar surface area (TPSA) is 77.3 Å².